The van der Waals surface area contributed by atoms with E-state index in [2.05, 4.69) is 28.6 Å². The van der Waals surface area contributed by atoms with Gasteiger partial charge in [0, 0.05) is 39.3 Å². The summed E-state index contributed by atoms with van der Waals surface area (Å²) < 4.78 is 0. The fraction of sp³-hybridized carbons (Fsp3) is 0.522. The minimum absolute atomic E-state index is 0.0277. The van der Waals surface area contributed by atoms with E-state index in [-0.39, 0.29) is 61.8 Å². The summed E-state index contributed by atoms with van der Waals surface area (Å²) in [7, 11) is 1.53. The number of hydrogen-bond donors (Lipinski definition) is 4. The van der Waals surface area contributed by atoms with E-state index in [0.29, 0.717) is 25.8 Å². The van der Waals surface area contributed by atoms with E-state index in [9.17, 15) is 24.0 Å². The Morgan fingerprint density at radius 1 is 1.09 bits per heavy atom. The molecule has 10 heteroatoms. The molecule has 1 saturated heterocycles. The van der Waals surface area contributed by atoms with Gasteiger partial charge in [-0.15, -0.1) is 0 Å². The first-order valence-corrected chi connectivity index (χ1v) is 11.6. The first-order chi connectivity index (χ1) is 15.8. The molecule has 33 heavy (non-hydrogen) atoms. The second-order valence-electron chi connectivity index (χ2n) is 7.91. The van der Waals surface area contributed by atoms with E-state index in [0.717, 1.165) is 5.56 Å². The summed E-state index contributed by atoms with van der Waals surface area (Å²) in [4.78, 5) is 61.0. The van der Waals surface area contributed by atoms with E-state index in [1.54, 1.807) is 0 Å². The normalized spacial score (nSPS) is 15.3. The van der Waals surface area contributed by atoms with Crippen LogP contribution in [0.1, 0.15) is 37.7 Å². The lowest BCUT2D eigenvalue weighted by Gasteiger charge is -2.18. The second kappa shape index (κ2) is 13.7. The first-order valence-electron chi connectivity index (χ1n) is 11.1. The van der Waals surface area contributed by atoms with Gasteiger partial charge in [0.25, 0.3) is 0 Å². The van der Waals surface area contributed by atoms with Gasteiger partial charge >= 0.3 is 0 Å². The summed E-state index contributed by atoms with van der Waals surface area (Å²) in [5.74, 6) is -1.03. The highest BCUT2D eigenvalue weighted by Gasteiger charge is 2.29. The van der Waals surface area contributed by atoms with E-state index in [1.807, 2.05) is 30.3 Å². The van der Waals surface area contributed by atoms with Crippen molar-refractivity contribution in [3.8, 4) is 0 Å². The van der Waals surface area contributed by atoms with Crippen LogP contribution >= 0.6 is 12.6 Å². The number of nitrogens with one attached hydrogen (secondary N) is 3. The van der Waals surface area contributed by atoms with Crippen LogP contribution in [-0.2, 0) is 30.4 Å². The lowest BCUT2D eigenvalue weighted by atomic mass is 10.1. The number of likely N-dealkylation sites (N-methyl/N-ethyl adjacent to an activating group) is 1. The van der Waals surface area contributed by atoms with Crippen LogP contribution in [0.2, 0.25) is 0 Å². The van der Waals surface area contributed by atoms with Gasteiger partial charge in [0.15, 0.2) is 0 Å². The van der Waals surface area contributed by atoms with Crippen LogP contribution in [0.3, 0.4) is 0 Å². The standard InChI is InChI=1S/C23H32N4O5S/c1-24-23(32)17(14-16-6-3-2-4-7-16)26-20(29)15-25-12-5-8-18(28)19(33)11-13-27-21(30)9-10-22(27)31/h2-4,6-7,17,19,25,33H,5,8-15H2,1H3,(H,24,32)(H,26,29)/t17-,19-/m0/s1. The molecule has 0 spiro atoms. The van der Waals surface area contributed by atoms with Crippen molar-refractivity contribution in [3.05, 3.63) is 35.9 Å². The van der Waals surface area contributed by atoms with Crippen LogP contribution in [0, 0.1) is 0 Å². The number of thiol groups is 1. The molecule has 1 aromatic carbocycles. The Kier molecular flexibility index (Phi) is 11.0. The zero-order chi connectivity index (χ0) is 24.2. The van der Waals surface area contributed by atoms with Gasteiger partial charge < -0.3 is 16.0 Å². The number of hydrogen-bond acceptors (Lipinski definition) is 7. The topological polar surface area (TPSA) is 125 Å². The predicted octanol–water partition coefficient (Wildman–Crippen LogP) is 0.236. The number of Topliss-reactive ketones (excluding diaryl/α,β-unsaturated/α-hetero) is 1. The first kappa shape index (κ1) is 26.5. The quantitative estimate of drug-likeness (QED) is 0.173. The van der Waals surface area contributed by atoms with Gasteiger partial charge in [0.05, 0.1) is 11.8 Å². The monoisotopic (exact) mass is 476 g/mol. The molecule has 0 aliphatic carbocycles. The summed E-state index contributed by atoms with van der Waals surface area (Å²) in [6.45, 7) is 0.692. The van der Waals surface area contributed by atoms with Gasteiger partial charge in [-0.2, -0.15) is 12.6 Å². The summed E-state index contributed by atoms with van der Waals surface area (Å²) >= 11 is 4.30. The number of imide groups is 1. The van der Waals surface area contributed by atoms with Crippen LogP contribution in [0.15, 0.2) is 30.3 Å². The minimum Gasteiger partial charge on any atom is -0.357 e. The third-order valence-corrected chi connectivity index (χ3v) is 5.94. The Morgan fingerprint density at radius 3 is 2.39 bits per heavy atom. The number of amides is 4. The lowest BCUT2D eigenvalue weighted by Crippen LogP contribution is -2.49. The second-order valence-corrected chi connectivity index (χ2v) is 8.54. The highest BCUT2D eigenvalue weighted by Crippen LogP contribution is 2.15. The molecule has 0 saturated carbocycles. The van der Waals surface area contributed by atoms with E-state index in [1.165, 1.54) is 11.9 Å². The highest BCUT2D eigenvalue weighted by molar-refractivity contribution is 7.81. The SMILES string of the molecule is CNC(=O)[C@H](Cc1ccccc1)NC(=O)CNCCCC(=O)[C@@H](S)CCN1C(=O)CCC1=O. The molecule has 0 unspecified atom stereocenters. The number of likely N-dealkylation sites (tertiary alicyclic amines) is 1. The number of rotatable bonds is 14. The Bertz CT molecular complexity index is 833. The molecule has 4 amide bonds. The molecule has 1 aliphatic heterocycles. The number of carbonyl (C=O) groups excluding carboxylic acids is 5. The highest BCUT2D eigenvalue weighted by atomic mass is 32.1. The van der Waals surface area contributed by atoms with Crippen molar-refractivity contribution in [1.82, 2.24) is 20.9 Å². The van der Waals surface area contributed by atoms with Crippen molar-refractivity contribution >= 4 is 42.0 Å². The predicted molar refractivity (Wildman–Crippen MR) is 127 cm³/mol. The largest absolute Gasteiger partial charge is 0.357 e. The maximum Gasteiger partial charge on any atom is 0.242 e. The molecule has 2 atom stereocenters. The molecule has 180 valence electrons. The average Bonchev–Trinajstić information content (AvgIpc) is 3.13. The maximum atomic E-state index is 12.2. The van der Waals surface area contributed by atoms with Gasteiger partial charge in [-0.3, -0.25) is 28.9 Å². The molecule has 1 aromatic rings. The minimum atomic E-state index is -0.674. The van der Waals surface area contributed by atoms with Gasteiger partial charge in [0.2, 0.25) is 23.6 Å². The van der Waals surface area contributed by atoms with Crippen molar-refractivity contribution in [2.45, 2.75) is 49.8 Å². The molecular formula is C23H32N4O5S. The van der Waals surface area contributed by atoms with Crippen molar-refractivity contribution in [3.63, 3.8) is 0 Å². The number of carbonyl (C=O) groups is 5. The van der Waals surface area contributed by atoms with Crippen molar-refractivity contribution < 1.29 is 24.0 Å². The van der Waals surface area contributed by atoms with Crippen LogP contribution in [0.25, 0.3) is 0 Å². The molecule has 0 radical (unpaired) electrons. The van der Waals surface area contributed by atoms with Gasteiger partial charge in [-0.25, -0.2) is 0 Å². The van der Waals surface area contributed by atoms with Gasteiger partial charge in [-0.1, -0.05) is 30.3 Å². The fourth-order valence-electron chi connectivity index (χ4n) is 3.52. The molecule has 0 bridgehead atoms. The van der Waals surface area contributed by atoms with E-state index < -0.39 is 11.3 Å². The van der Waals surface area contributed by atoms with Gasteiger partial charge in [0.1, 0.15) is 11.8 Å². The summed E-state index contributed by atoms with van der Waals surface area (Å²) in [6, 6.07) is 8.76. The molecule has 1 aliphatic rings. The average molecular weight is 477 g/mol. The maximum absolute atomic E-state index is 12.2. The fourth-order valence-corrected chi connectivity index (χ4v) is 3.76. The number of ketones is 1. The van der Waals surface area contributed by atoms with Crippen molar-refractivity contribution in [2.24, 2.45) is 0 Å². The molecule has 2 rings (SSSR count). The molecule has 0 aromatic heterocycles. The van der Waals surface area contributed by atoms with Gasteiger partial charge in [-0.05, 0) is 24.9 Å². The zero-order valence-corrected chi connectivity index (χ0v) is 19.7. The summed E-state index contributed by atoms with van der Waals surface area (Å²) in [5, 5.41) is 7.73. The molecule has 9 nitrogen and oxygen atoms in total. The summed E-state index contributed by atoms with van der Waals surface area (Å²) in [6.07, 6.45) is 1.99. The third-order valence-electron chi connectivity index (χ3n) is 5.40. The Labute approximate surface area is 199 Å². The van der Waals surface area contributed by atoms with Crippen LogP contribution in [0.5, 0.6) is 0 Å². The Morgan fingerprint density at radius 2 is 1.76 bits per heavy atom. The Balaban J connectivity index is 1.63. The third kappa shape index (κ3) is 8.97. The number of nitrogens with zero attached hydrogens (tertiary/aromatic N) is 1. The smallest absolute Gasteiger partial charge is 0.242 e. The summed E-state index contributed by atoms with van der Waals surface area (Å²) in [5.41, 5.74) is 0.942. The molecule has 3 N–H and O–H groups in total. The molecular weight excluding hydrogens is 444 g/mol. The van der Waals surface area contributed by atoms with E-state index >= 15 is 0 Å². The van der Waals surface area contributed by atoms with Crippen LogP contribution in [-0.4, -0.2) is 72.3 Å². The van der Waals surface area contributed by atoms with Crippen LogP contribution < -0.4 is 16.0 Å². The van der Waals surface area contributed by atoms with E-state index in [4.69, 9.17) is 0 Å². The lowest BCUT2D eigenvalue weighted by molar-refractivity contribution is -0.138. The molecule has 1 fully saturated rings. The zero-order valence-electron chi connectivity index (χ0n) is 18.8. The van der Waals surface area contributed by atoms with Crippen molar-refractivity contribution in [1.29, 1.82) is 0 Å². The Hall–Kier alpha value is -2.72. The number of benzene rings is 1. The van der Waals surface area contributed by atoms with Crippen molar-refractivity contribution in [2.75, 3.05) is 26.7 Å². The van der Waals surface area contributed by atoms with Crippen LogP contribution in [0.4, 0.5) is 0 Å². The molecule has 1 heterocycles.